The highest BCUT2D eigenvalue weighted by Gasteiger charge is 2.41. The molecule has 268 valence electrons. The van der Waals surface area contributed by atoms with Crippen LogP contribution in [0.2, 0.25) is 0 Å². The minimum atomic E-state index is -2.75. The van der Waals surface area contributed by atoms with Gasteiger partial charge in [-0.15, -0.1) is 0 Å². The van der Waals surface area contributed by atoms with Crippen LogP contribution >= 0.6 is 0 Å². The van der Waals surface area contributed by atoms with Gasteiger partial charge >= 0.3 is 0 Å². The van der Waals surface area contributed by atoms with Crippen LogP contribution < -0.4 is 20.7 Å². The summed E-state index contributed by atoms with van der Waals surface area (Å²) in [5.41, 5.74) is 9.54. The predicted octanol–water partition coefficient (Wildman–Crippen LogP) is 10.9. The van der Waals surface area contributed by atoms with Gasteiger partial charge in [0.25, 0.3) is 0 Å². The number of hydrogen-bond donors (Lipinski definition) is 0. The topological polar surface area (TPSA) is 9.86 Å². The van der Waals surface area contributed by atoms with Crippen LogP contribution in [-0.4, -0.2) is 17.2 Å². The molecule has 0 fully saturated rings. The summed E-state index contributed by atoms with van der Waals surface area (Å²) in [6.07, 6.45) is 0. The van der Waals surface area contributed by atoms with Crippen molar-refractivity contribution in [2.45, 2.75) is 0 Å². The van der Waals surface area contributed by atoms with Crippen LogP contribution in [0.25, 0.3) is 66.1 Å². The Hall–Kier alpha value is -7.20. The molecular formula is C54H38N2Si. The molecule has 11 aromatic rings. The van der Waals surface area contributed by atoms with Gasteiger partial charge < -0.3 is 9.13 Å². The smallest absolute Gasteiger partial charge is 0.179 e. The summed E-state index contributed by atoms with van der Waals surface area (Å²) in [5.74, 6) is 0. The van der Waals surface area contributed by atoms with Crippen LogP contribution in [0.5, 0.6) is 0 Å². The fraction of sp³-hybridized carbons (Fsp3) is 0. The third-order valence-corrected chi connectivity index (χ3v) is 16.6. The highest BCUT2D eigenvalue weighted by Crippen LogP contribution is 2.39. The van der Waals surface area contributed by atoms with Crippen molar-refractivity contribution < 1.29 is 0 Å². The molecule has 0 spiro atoms. The molecule has 3 heteroatoms. The van der Waals surface area contributed by atoms with Crippen molar-refractivity contribution in [1.82, 2.24) is 9.13 Å². The van der Waals surface area contributed by atoms with E-state index in [4.69, 9.17) is 0 Å². The first-order valence-electron chi connectivity index (χ1n) is 19.7. The van der Waals surface area contributed by atoms with Crippen LogP contribution in [0.1, 0.15) is 0 Å². The molecule has 0 aliphatic rings. The van der Waals surface area contributed by atoms with Crippen molar-refractivity contribution in [3.63, 3.8) is 0 Å². The summed E-state index contributed by atoms with van der Waals surface area (Å²) in [4.78, 5) is 0. The van der Waals surface area contributed by atoms with Gasteiger partial charge in [0.05, 0.1) is 27.8 Å². The average Bonchev–Trinajstić information content (AvgIpc) is 3.80. The van der Waals surface area contributed by atoms with E-state index in [9.17, 15) is 0 Å². The van der Waals surface area contributed by atoms with Crippen molar-refractivity contribution in [3.8, 4) is 22.5 Å². The standard InChI is InChI=1S/C54H38N2Si/c1-5-19-39(20-6-1)45-27-13-16-30-50(45)56-52-32-18-15-29-47(52)49-37-40(33-36-53(49)56)55-51-31-17-14-28-46(51)48-35-34-44(38-54(48)55)57(41-21-7-2-8-22-41,42-23-9-3-10-24-42)43-25-11-4-12-26-43/h1-38H. The lowest BCUT2D eigenvalue weighted by Gasteiger charge is -2.34. The van der Waals surface area contributed by atoms with Crippen LogP contribution in [-0.2, 0) is 0 Å². The molecular weight excluding hydrogens is 705 g/mol. The lowest BCUT2D eigenvalue weighted by atomic mass is 10.0. The first-order valence-corrected chi connectivity index (χ1v) is 21.7. The molecule has 0 aliphatic heterocycles. The van der Waals surface area contributed by atoms with Gasteiger partial charge in [-0.3, -0.25) is 0 Å². The maximum Gasteiger partial charge on any atom is 0.179 e. The number of hydrogen-bond acceptors (Lipinski definition) is 0. The maximum absolute atomic E-state index is 2.75. The Kier molecular flexibility index (Phi) is 7.87. The van der Waals surface area contributed by atoms with E-state index in [1.54, 1.807) is 0 Å². The molecule has 0 N–H and O–H groups in total. The van der Waals surface area contributed by atoms with Gasteiger partial charge in [0.2, 0.25) is 0 Å². The van der Waals surface area contributed by atoms with E-state index < -0.39 is 8.07 Å². The molecule has 11 rings (SSSR count). The quantitative estimate of drug-likeness (QED) is 0.114. The predicted molar refractivity (Wildman–Crippen MR) is 244 cm³/mol. The average molecular weight is 743 g/mol. The zero-order chi connectivity index (χ0) is 37.8. The van der Waals surface area contributed by atoms with Crippen LogP contribution in [0.3, 0.4) is 0 Å². The SMILES string of the molecule is c1ccc(-c2ccccc2-n2c3ccccc3c3cc(-n4c5ccccc5c5ccc([Si](c6ccccc6)(c6ccccc6)c6ccccc6)cc54)ccc32)cc1. The Balaban J connectivity index is 1.19. The van der Waals surface area contributed by atoms with Gasteiger partial charge in [-0.25, -0.2) is 0 Å². The monoisotopic (exact) mass is 742 g/mol. The summed E-state index contributed by atoms with van der Waals surface area (Å²) in [6.45, 7) is 0. The molecule has 0 radical (unpaired) electrons. The van der Waals surface area contributed by atoms with E-state index in [-0.39, 0.29) is 0 Å². The molecule has 0 amide bonds. The lowest BCUT2D eigenvalue weighted by Crippen LogP contribution is -2.74. The fourth-order valence-corrected chi connectivity index (χ4v) is 14.2. The highest BCUT2D eigenvalue weighted by atomic mass is 28.3. The Morgan fingerprint density at radius 3 is 1.39 bits per heavy atom. The van der Waals surface area contributed by atoms with Gasteiger partial charge in [0.1, 0.15) is 0 Å². The van der Waals surface area contributed by atoms with E-state index in [1.807, 2.05) is 0 Å². The molecule has 2 nitrogen and oxygen atoms in total. The van der Waals surface area contributed by atoms with Crippen molar-refractivity contribution >= 4 is 72.4 Å². The van der Waals surface area contributed by atoms with Gasteiger partial charge in [-0.2, -0.15) is 0 Å². The van der Waals surface area contributed by atoms with E-state index in [1.165, 1.54) is 81.2 Å². The zero-order valence-electron chi connectivity index (χ0n) is 31.3. The van der Waals surface area contributed by atoms with Gasteiger partial charge in [0, 0.05) is 32.8 Å². The second-order valence-electron chi connectivity index (χ2n) is 14.9. The summed E-state index contributed by atoms with van der Waals surface area (Å²) in [7, 11) is -2.75. The lowest BCUT2D eigenvalue weighted by molar-refractivity contribution is 1.17. The van der Waals surface area contributed by atoms with Crippen molar-refractivity contribution in [2.24, 2.45) is 0 Å². The van der Waals surface area contributed by atoms with Crippen LogP contribution in [0, 0.1) is 0 Å². The minimum Gasteiger partial charge on any atom is -0.309 e. The van der Waals surface area contributed by atoms with E-state index in [0.29, 0.717) is 0 Å². The van der Waals surface area contributed by atoms with Crippen molar-refractivity contribution in [1.29, 1.82) is 0 Å². The van der Waals surface area contributed by atoms with E-state index in [0.717, 1.165) is 5.69 Å². The molecule has 0 aliphatic carbocycles. The number of rotatable bonds is 7. The Morgan fingerprint density at radius 1 is 0.281 bits per heavy atom. The summed E-state index contributed by atoms with van der Waals surface area (Å²) in [5, 5.41) is 10.4. The Labute approximate surface area is 333 Å². The summed E-state index contributed by atoms with van der Waals surface area (Å²) in [6, 6.07) is 85.2. The number of aromatic nitrogens is 2. The number of nitrogens with zero attached hydrogens (tertiary/aromatic N) is 2. The van der Waals surface area contributed by atoms with Crippen LogP contribution in [0.15, 0.2) is 231 Å². The van der Waals surface area contributed by atoms with E-state index >= 15 is 0 Å². The van der Waals surface area contributed by atoms with E-state index in [2.05, 4.69) is 240 Å². The highest BCUT2D eigenvalue weighted by molar-refractivity contribution is 7.20. The minimum absolute atomic E-state index is 1.15. The number of benzene rings is 9. The molecule has 2 heterocycles. The number of fused-ring (bicyclic) bond motifs is 6. The molecule has 57 heavy (non-hydrogen) atoms. The second-order valence-corrected chi connectivity index (χ2v) is 18.7. The van der Waals surface area contributed by atoms with Crippen LogP contribution in [0.4, 0.5) is 0 Å². The normalized spacial score (nSPS) is 11.9. The van der Waals surface area contributed by atoms with Gasteiger partial charge in [-0.05, 0) is 68.8 Å². The Bertz CT molecular complexity index is 3120. The largest absolute Gasteiger partial charge is 0.309 e. The Morgan fingerprint density at radius 2 is 0.754 bits per heavy atom. The molecule has 2 aromatic heterocycles. The van der Waals surface area contributed by atoms with Gasteiger partial charge in [0.15, 0.2) is 8.07 Å². The molecule has 0 saturated heterocycles. The first-order chi connectivity index (χ1) is 28.3. The molecule has 0 atom stereocenters. The first kappa shape index (κ1) is 33.2. The summed E-state index contributed by atoms with van der Waals surface area (Å²) < 4.78 is 4.94. The van der Waals surface area contributed by atoms with Gasteiger partial charge in [-0.1, -0.05) is 188 Å². The zero-order valence-corrected chi connectivity index (χ0v) is 32.3. The fourth-order valence-electron chi connectivity index (χ4n) is 9.44. The molecule has 0 bridgehead atoms. The van der Waals surface area contributed by atoms with Crippen molar-refractivity contribution in [3.05, 3.63) is 231 Å². The third kappa shape index (κ3) is 5.17. The maximum atomic E-state index is 2.51. The molecule has 0 unspecified atom stereocenters. The third-order valence-electron chi connectivity index (χ3n) is 11.9. The molecule has 0 saturated carbocycles. The number of para-hydroxylation sites is 3. The second kappa shape index (κ2) is 13.5. The molecule has 9 aromatic carbocycles. The summed E-state index contributed by atoms with van der Waals surface area (Å²) >= 11 is 0. The van der Waals surface area contributed by atoms with Crippen molar-refractivity contribution in [2.75, 3.05) is 0 Å².